The van der Waals surface area contributed by atoms with Crippen LogP contribution < -0.4 is 4.74 Å². The largest absolute Gasteiger partial charge is 0.493 e. The highest BCUT2D eigenvalue weighted by Crippen LogP contribution is 2.19. The van der Waals surface area contributed by atoms with Crippen LogP contribution in [0.2, 0.25) is 0 Å². The second-order valence-electron chi connectivity index (χ2n) is 3.97. The number of hydrogen-bond donors (Lipinski definition) is 1. The Labute approximate surface area is 100 Å². The lowest BCUT2D eigenvalue weighted by Gasteiger charge is -2.07. The van der Waals surface area contributed by atoms with Gasteiger partial charge in [0.1, 0.15) is 5.75 Å². The van der Waals surface area contributed by atoms with Crippen LogP contribution in [0.1, 0.15) is 17.8 Å². The first-order chi connectivity index (χ1) is 8.20. The molecule has 0 saturated carbocycles. The fraction of sp³-hybridized carbons (Fsp3) is 0.385. The summed E-state index contributed by atoms with van der Waals surface area (Å²) in [6.07, 6.45) is 0.636. The first kappa shape index (κ1) is 11.8. The van der Waals surface area contributed by atoms with Gasteiger partial charge >= 0.3 is 0 Å². The SMILES string of the molecule is Cc1nc2ccc(OCCCO)cc2nc1C. The number of nitrogens with zero attached hydrogens (tertiary/aromatic N) is 2. The fourth-order valence-electron chi connectivity index (χ4n) is 1.55. The summed E-state index contributed by atoms with van der Waals surface area (Å²) in [5.74, 6) is 0.767. The zero-order valence-corrected chi connectivity index (χ0v) is 10.1. The standard InChI is InChI=1S/C13H16N2O2/c1-9-10(2)15-13-8-11(17-7-3-6-16)4-5-12(13)14-9/h4-5,8,16H,3,6-7H2,1-2H3. The van der Waals surface area contributed by atoms with Gasteiger partial charge in [-0.3, -0.25) is 0 Å². The normalized spacial score (nSPS) is 10.8. The van der Waals surface area contributed by atoms with Gasteiger partial charge in [-0.1, -0.05) is 0 Å². The van der Waals surface area contributed by atoms with E-state index in [9.17, 15) is 0 Å². The summed E-state index contributed by atoms with van der Waals surface area (Å²) >= 11 is 0. The molecule has 0 aliphatic carbocycles. The van der Waals surface area contributed by atoms with E-state index in [2.05, 4.69) is 9.97 Å². The molecule has 0 atom stereocenters. The van der Waals surface area contributed by atoms with E-state index in [-0.39, 0.29) is 6.61 Å². The number of aryl methyl sites for hydroxylation is 2. The minimum Gasteiger partial charge on any atom is -0.493 e. The van der Waals surface area contributed by atoms with Gasteiger partial charge in [0.25, 0.3) is 0 Å². The van der Waals surface area contributed by atoms with E-state index in [0.717, 1.165) is 28.2 Å². The van der Waals surface area contributed by atoms with Gasteiger partial charge < -0.3 is 9.84 Å². The number of aliphatic hydroxyl groups excluding tert-OH is 1. The van der Waals surface area contributed by atoms with Crippen LogP contribution in [0, 0.1) is 13.8 Å². The monoisotopic (exact) mass is 232 g/mol. The predicted molar refractivity (Wildman–Crippen MR) is 66.2 cm³/mol. The topological polar surface area (TPSA) is 55.2 Å². The summed E-state index contributed by atoms with van der Waals surface area (Å²) < 4.78 is 5.50. The van der Waals surface area contributed by atoms with E-state index < -0.39 is 0 Å². The zero-order valence-electron chi connectivity index (χ0n) is 10.1. The smallest absolute Gasteiger partial charge is 0.121 e. The lowest BCUT2D eigenvalue weighted by Crippen LogP contribution is -2.00. The Hall–Kier alpha value is -1.68. The zero-order chi connectivity index (χ0) is 12.3. The minimum atomic E-state index is 0.145. The molecular formula is C13H16N2O2. The third kappa shape index (κ3) is 2.71. The first-order valence-corrected chi connectivity index (χ1v) is 5.69. The Kier molecular flexibility index (Phi) is 3.54. The molecule has 0 aliphatic rings. The maximum Gasteiger partial charge on any atom is 0.121 e. The van der Waals surface area contributed by atoms with Gasteiger partial charge in [0.05, 0.1) is 29.0 Å². The van der Waals surface area contributed by atoms with Crippen molar-refractivity contribution >= 4 is 11.0 Å². The lowest BCUT2D eigenvalue weighted by molar-refractivity contribution is 0.233. The van der Waals surface area contributed by atoms with Gasteiger partial charge in [-0.15, -0.1) is 0 Å². The van der Waals surface area contributed by atoms with Crippen LogP contribution in [-0.4, -0.2) is 28.3 Å². The fourth-order valence-corrected chi connectivity index (χ4v) is 1.55. The quantitative estimate of drug-likeness (QED) is 0.819. The number of ether oxygens (including phenoxy) is 1. The molecule has 2 aromatic rings. The molecule has 0 bridgehead atoms. The Bertz CT molecular complexity index is 526. The van der Waals surface area contributed by atoms with Crippen molar-refractivity contribution in [3.63, 3.8) is 0 Å². The van der Waals surface area contributed by atoms with Crippen molar-refractivity contribution < 1.29 is 9.84 Å². The van der Waals surface area contributed by atoms with Crippen molar-refractivity contribution in [3.8, 4) is 5.75 Å². The van der Waals surface area contributed by atoms with E-state index in [1.807, 2.05) is 32.0 Å². The van der Waals surface area contributed by atoms with Crippen molar-refractivity contribution in [2.45, 2.75) is 20.3 Å². The Morgan fingerprint density at radius 2 is 1.82 bits per heavy atom. The Morgan fingerprint density at radius 3 is 2.53 bits per heavy atom. The van der Waals surface area contributed by atoms with Crippen LogP contribution >= 0.6 is 0 Å². The van der Waals surface area contributed by atoms with Gasteiger partial charge in [0.15, 0.2) is 0 Å². The van der Waals surface area contributed by atoms with Crippen molar-refractivity contribution in [1.82, 2.24) is 9.97 Å². The number of rotatable bonds is 4. The molecule has 0 unspecified atom stereocenters. The molecule has 0 amide bonds. The molecule has 1 N–H and O–H groups in total. The van der Waals surface area contributed by atoms with Gasteiger partial charge in [0, 0.05) is 19.1 Å². The predicted octanol–water partition coefficient (Wildman–Crippen LogP) is 2.01. The molecule has 0 aliphatic heterocycles. The van der Waals surface area contributed by atoms with E-state index >= 15 is 0 Å². The maximum absolute atomic E-state index is 8.68. The van der Waals surface area contributed by atoms with Gasteiger partial charge in [-0.25, -0.2) is 9.97 Å². The molecule has 1 aromatic carbocycles. The summed E-state index contributed by atoms with van der Waals surface area (Å²) in [4.78, 5) is 8.93. The highest BCUT2D eigenvalue weighted by molar-refractivity contribution is 5.76. The second-order valence-corrected chi connectivity index (χ2v) is 3.97. The average Bonchev–Trinajstić information content (AvgIpc) is 2.31. The molecular weight excluding hydrogens is 216 g/mol. The summed E-state index contributed by atoms with van der Waals surface area (Å²) in [5, 5.41) is 8.68. The summed E-state index contributed by atoms with van der Waals surface area (Å²) in [6.45, 7) is 4.56. The third-order valence-electron chi connectivity index (χ3n) is 2.62. The first-order valence-electron chi connectivity index (χ1n) is 5.69. The molecule has 2 rings (SSSR count). The molecule has 90 valence electrons. The molecule has 1 heterocycles. The van der Waals surface area contributed by atoms with Crippen molar-refractivity contribution in [3.05, 3.63) is 29.6 Å². The van der Waals surface area contributed by atoms with Gasteiger partial charge in [-0.05, 0) is 26.0 Å². The highest BCUT2D eigenvalue weighted by atomic mass is 16.5. The number of hydrogen-bond acceptors (Lipinski definition) is 4. The van der Waals surface area contributed by atoms with Crippen LogP contribution in [0.25, 0.3) is 11.0 Å². The summed E-state index contributed by atoms with van der Waals surface area (Å²) in [7, 11) is 0. The molecule has 0 spiro atoms. The van der Waals surface area contributed by atoms with Crippen LogP contribution in [0.5, 0.6) is 5.75 Å². The summed E-state index contributed by atoms with van der Waals surface area (Å²) in [5.41, 5.74) is 3.61. The third-order valence-corrected chi connectivity index (χ3v) is 2.62. The summed E-state index contributed by atoms with van der Waals surface area (Å²) in [6, 6.07) is 5.67. The van der Waals surface area contributed by atoms with Crippen molar-refractivity contribution in [2.24, 2.45) is 0 Å². The molecule has 17 heavy (non-hydrogen) atoms. The van der Waals surface area contributed by atoms with Gasteiger partial charge in [0.2, 0.25) is 0 Å². The van der Waals surface area contributed by atoms with Crippen molar-refractivity contribution in [2.75, 3.05) is 13.2 Å². The van der Waals surface area contributed by atoms with Crippen LogP contribution in [-0.2, 0) is 0 Å². The van der Waals surface area contributed by atoms with E-state index in [0.29, 0.717) is 13.0 Å². The maximum atomic E-state index is 8.68. The minimum absolute atomic E-state index is 0.145. The Morgan fingerprint density at radius 1 is 1.12 bits per heavy atom. The molecule has 1 aromatic heterocycles. The second kappa shape index (κ2) is 5.10. The molecule has 0 saturated heterocycles. The van der Waals surface area contributed by atoms with E-state index in [1.165, 1.54) is 0 Å². The van der Waals surface area contributed by atoms with Crippen LogP contribution in [0.15, 0.2) is 18.2 Å². The van der Waals surface area contributed by atoms with E-state index in [4.69, 9.17) is 9.84 Å². The number of aromatic nitrogens is 2. The average molecular weight is 232 g/mol. The molecule has 4 nitrogen and oxygen atoms in total. The number of aliphatic hydroxyl groups is 1. The lowest BCUT2D eigenvalue weighted by atomic mass is 10.2. The number of fused-ring (bicyclic) bond motifs is 1. The Balaban J connectivity index is 2.27. The van der Waals surface area contributed by atoms with E-state index in [1.54, 1.807) is 0 Å². The van der Waals surface area contributed by atoms with Crippen LogP contribution in [0.4, 0.5) is 0 Å². The van der Waals surface area contributed by atoms with Gasteiger partial charge in [-0.2, -0.15) is 0 Å². The van der Waals surface area contributed by atoms with Crippen LogP contribution in [0.3, 0.4) is 0 Å². The molecule has 0 fully saturated rings. The molecule has 4 heteroatoms. The van der Waals surface area contributed by atoms with Crippen molar-refractivity contribution in [1.29, 1.82) is 0 Å². The highest BCUT2D eigenvalue weighted by Gasteiger charge is 2.03. The molecule has 0 radical (unpaired) electrons. The number of benzene rings is 1.